The van der Waals surface area contributed by atoms with Gasteiger partial charge in [0.2, 0.25) is 5.91 Å². The van der Waals surface area contributed by atoms with Gasteiger partial charge in [0, 0.05) is 39.5 Å². The Morgan fingerprint density at radius 1 is 1.08 bits per heavy atom. The molecule has 5 heterocycles. The van der Waals surface area contributed by atoms with E-state index >= 15 is 0 Å². The molecule has 6 rings (SSSR count). The van der Waals surface area contributed by atoms with E-state index in [0.717, 1.165) is 61.6 Å². The number of nitrogens with one attached hydrogen (secondary N) is 3. The number of aromatic amines is 2. The maximum absolute atomic E-state index is 13.7. The van der Waals surface area contributed by atoms with E-state index in [4.69, 9.17) is 4.98 Å². The van der Waals surface area contributed by atoms with Gasteiger partial charge in [0.05, 0.1) is 28.8 Å². The Morgan fingerprint density at radius 2 is 2.00 bits per heavy atom. The van der Waals surface area contributed by atoms with Gasteiger partial charge in [0.1, 0.15) is 11.2 Å². The molecule has 1 amide bonds. The topological polar surface area (TPSA) is 99.4 Å². The first-order valence-corrected chi connectivity index (χ1v) is 12.4. The molecular weight excluding hydrogens is 475 g/mol. The molecule has 5 aromatic heterocycles. The summed E-state index contributed by atoms with van der Waals surface area (Å²) in [5, 5.41) is 11.2. The second-order valence-electron chi connectivity index (χ2n) is 8.48. The molecule has 1 aromatic carbocycles. The molecule has 0 aliphatic carbocycles. The van der Waals surface area contributed by atoms with Crippen LogP contribution in [0.4, 0.5) is 10.1 Å². The van der Waals surface area contributed by atoms with E-state index < -0.39 is 0 Å². The number of anilines is 1. The fourth-order valence-corrected chi connectivity index (χ4v) is 5.07. The quantitative estimate of drug-likeness (QED) is 0.237. The Morgan fingerprint density at radius 3 is 2.83 bits per heavy atom. The van der Waals surface area contributed by atoms with Crippen molar-refractivity contribution in [1.29, 1.82) is 0 Å². The third kappa shape index (κ3) is 4.03. The van der Waals surface area contributed by atoms with Crippen molar-refractivity contribution in [2.24, 2.45) is 0 Å². The molecule has 0 aliphatic heterocycles. The zero-order valence-corrected chi connectivity index (χ0v) is 20.1. The molecule has 0 aliphatic rings. The number of amides is 1. The average molecular weight is 497 g/mol. The molecule has 0 fully saturated rings. The molecule has 0 radical (unpaired) electrons. The van der Waals surface area contributed by atoms with Gasteiger partial charge in [-0.2, -0.15) is 9.49 Å². The van der Waals surface area contributed by atoms with E-state index in [1.54, 1.807) is 18.5 Å². The number of benzene rings is 1. The van der Waals surface area contributed by atoms with Gasteiger partial charge < -0.3 is 10.3 Å². The first-order valence-electron chi connectivity index (χ1n) is 11.6. The van der Waals surface area contributed by atoms with E-state index in [-0.39, 0.29) is 11.0 Å². The van der Waals surface area contributed by atoms with Crippen molar-refractivity contribution in [3.05, 3.63) is 72.1 Å². The van der Waals surface area contributed by atoms with E-state index in [1.807, 2.05) is 49.4 Å². The smallest absolute Gasteiger partial charge is 0.224 e. The van der Waals surface area contributed by atoms with Gasteiger partial charge in [-0.05, 0) is 48.9 Å². The van der Waals surface area contributed by atoms with Crippen molar-refractivity contribution >= 4 is 44.9 Å². The highest BCUT2D eigenvalue weighted by Crippen LogP contribution is 2.36. The molecule has 9 heteroatoms. The summed E-state index contributed by atoms with van der Waals surface area (Å²) >= 11 is 1.12. The van der Waals surface area contributed by atoms with Crippen molar-refractivity contribution < 1.29 is 9.18 Å². The van der Waals surface area contributed by atoms with E-state index in [9.17, 15) is 9.18 Å². The molecule has 3 N–H and O–H groups in total. The van der Waals surface area contributed by atoms with Crippen molar-refractivity contribution in [3.8, 4) is 33.1 Å². The van der Waals surface area contributed by atoms with Crippen LogP contribution in [0.25, 0.3) is 55.0 Å². The van der Waals surface area contributed by atoms with Crippen LogP contribution in [0.1, 0.15) is 19.8 Å². The van der Waals surface area contributed by atoms with Gasteiger partial charge in [0.15, 0.2) is 5.13 Å². The average Bonchev–Trinajstić information content (AvgIpc) is 3.61. The van der Waals surface area contributed by atoms with Crippen LogP contribution in [-0.4, -0.2) is 31.1 Å². The normalized spacial score (nSPS) is 11.4. The minimum absolute atomic E-state index is 0.0413. The first-order chi connectivity index (χ1) is 17.6. The number of fused-ring (bicyclic) bond motifs is 2. The zero-order chi connectivity index (χ0) is 24.6. The number of rotatable bonds is 6. The van der Waals surface area contributed by atoms with Crippen LogP contribution in [0.2, 0.25) is 0 Å². The highest BCUT2D eigenvalue weighted by Gasteiger charge is 2.16. The molecule has 0 saturated heterocycles. The summed E-state index contributed by atoms with van der Waals surface area (Å²) in [6.07, 6.45) is 4.58. The van der Waals surface area contributed by atoms with E-state index in [2.05, 4.69) is 25.5 Å². The predicted molar refractivity (Wildman–Crippen MR) is 141 cm³/mol. The Bertz CT molecular complexity index is 1730. The van der Waals surface area contributed by atoms with Gasteiger partial charge in [0.25, 0.3) is 0 Å². The highest BCUT2D eigenvalue weighted by atomic mass is 32.1. The molecule has 0 atom stereocenters. The lowest BCUT2D eigenvalue weighted by molar-refractivity contribution is -0.116. The van der Waals surface area contributed by atoms with Crippen molar-refractivity contribution in [3.63, 3.8) is 0 Å². The largest absolute Gasteiger partial charge is 0.353 e. The molecule has 7 nitrogen and oxygen atoms in total. The molecule has 0 bridgehead atoms. The third-order valence-electron chi connectivity index (χ3n) is 5.96. The Hall–Kier alpha value is -4.37. The number of nitrogens with zero attached hydrogens (tertiary/aromatic N) is 3. The Labute approximate surface area is 209 Å². The zero-order valence-electron chi connectivity index (χ0n) is 19.3. The van der Waals surface area contributed by atoms with Gasteiger partial charge >= 0.3 is 0 Å². The summed E-state index contributed by atoms with van der Waals surface area (Å²) < 4.78 is 13.7. The number of H-pyrrole nitrogens is 2. The van der Waals surface area contributed by atoms with Gasteiger partial charge in [-0.15, -0.1) is 11.3 Å². The maximum Gasteiger partial charge on any atom is 0.224 e. The Balaban J connectivity index is 1.40. The van der Waals surface area contributed by atoms with E-state index in [0.29, 0.717) is 23.3 Å². The first kappa shape index (κ1) is 22.1. The summed E-state index contributed by atoms with van der Waals surface area (Å²) in [5.41, 5.74) is 7.04. The second-order valence-corrected chi connectivity index (χ2v) is 9.51. The molecule has 0 saturated carbocycles. The van der Waals surface area contributed by atoms with Crippen LogP contribution in [0.15, 0.2) is 67.0 Å². The predicted octanol–water partition coefficient (Wildman–Crippen LogP) is 6.77. The van der Waals surface area contributed by atoms with E-state index in [1.165, 1.54) is 6.07 Å². The summed E-state index contributed by atoms with van der Waals surface area (Å²) in [4.78, 5) is 25.5. The number of carbonyl (C=O) groups is 1. The van der Waals surface area contributed by atoms with Gasteiger partial charge in [-0.25, -0.2) is 4.98 Å². The fraction of sp³-hybridized carbons (Fsp3) is 0.111. The fourth-order valence-electron chi connectivity index (χ4n) is 4.30. The number of carbonyl (C=O) groups excluding carboxylic acids is 1. The summed E-state index contributed by atoms with van der Waals surface area (Å²) in [6, 6.07) is 16.9. The number of pyridine rings is 2. The van der Waals surface area contributed by atoms with Crippen LogP contribution in [0.5, 0.6) is 0 Å². The number of hydrogen-bond acceptors (Lipinski definition) is 5. The standard InChI is InChI=1S/C27H21FN6OS/c1-2-4-25(35)30-16-11-15(13-29-14-16)19-7-8-21-26(32-19)27(34-33-21)22-12-18-17(5-3-6-20(18)31-22)23-9-10-24(28)36-23/h3,5-14,31H,2,4H2,1H3,(H,30,35)(H,33,34). The van der Waals surface area contributed by atoms with Crippen LogP contribution >= 0.6 is 11.3 Å². The van der Waals surface area contributed by atoms with Gasteiger partial charge in [-0.1, -0.05) is 19.1 Å². The lowest BCUT2D eigenvalue weighted by Gasteiger charge is -2.06. The van der Waals surface area contributed by atoms with Crippen LogP contribution in [-0.2, 0) is 4.79 Å². The molecule has 6 aromatic rings. The van der Waals surface area contributed by atoms with Crippen LogP contribution in [0, 0.1) is 5.13 Å². The minimum atomic E-state index is -0.212. The van der Waals surface area contributed by atoms with Crippen LogP contribution in [0.3, 0.4) is 0 Å². The van der Waals surface area contributed by atoms with Crippen molar-refractivity contribution in [1.82, 2.24) is 25.1 Å². The number of halogens is 1. The lowest BCUT2D eigenvalue weighted by atomic mass is 10.1. The van der Waals surface area contributed by atoms with Gasteiger partial charge in [-0.3, -0.25) is 14.9 Å². The summed E-state index contributed by atoms with van der Waals surface area (Å²) in [7, 11) is 0. The summed E-state index contributed by atoms with van der Waals surface area (Å²) in [5.74, 6) is -0.0413. The maximum atomic E-state index is 13.7. The highest BCUT2D eigenvalue weighted by molar-refractivity contribution is 7.14. The number of thiophene rings is 1. The van der Waals surface area contributed by atoms with Crippen LogP contribution < -0.4 is 5.32 Å². The Kier molecular flexibility index (Phi) is 5.54. The third-order valence-corrected chi connectivity index (χ3v) is 6.87. The monoisotopic (exact) mass is 496 g/mol. The summed E-state index contributed by atoms with van der Waals surface area (Å²) in [6.45, 7) is 1.96. The minimum Gasteiger partial charge on any atom is -0.353 e. The molecule has 178 valence electrons. The second kappa shape index (κ2) is 9.01. The molecule has 0 spiro atoms. The van der Waals surface area contributed by atoms with Crippen molar-refractivity contribution in [2.75, 3.05) is 5.32 Å². The lowest BCUT2D eigenvalue weighted by Crippen LogP contribution is -2.10. The molecule has 0 unspecified atom stereocenters. The SMILES string of the molecule is CCCC(=O)Nc1cncc(-c2ccc3[nH]nc(-c4cc5c(-c6ccc(F)s6)cccc5[nH]4)c3n2)c1. The molecular formula is C27H21FN6OS. The van der Waals surface area contributed by atoms with Crippen molar-refractivity contribution in [2.45, 2.75) is 19.8 Å². The number of hydrogen-bond donors (Lipinski definition) is 3. The molecule has 36 heavy (non-hydrogen) atoms. The number of aromatic nitrogens is 5.